The Labute approximate surface area is 220 Å². The Morgan fingerprint density at radius 1 is 0.943 bits per heavy atom. The smallest absolute Gasteiger partial charge is 0.270 e. The average Bonchev–Trinajstić information content (AvgIpc) is 3.35. The predicted molar refractivity (Wildman–Crippen MR) is 147 cm³/mol. The van der Waals surface area contributed by atoms with Crippen LogP contribution in [0.1, 0.15) is 78.3 Å². The standard InChI is InChI=1S/C25H35N7O.2ClH/c1-17-18(2)26-21(30-24(17)31(3)4)12-13-22-28-20(16-23(29-22)32-14-8-9-15-32)25(33)27-19-10-6-5-7-11-19;;/h12-13,16,19H,5-11,14-15H2,1-4H3,(H,27,33);2*1H. The number of anilines is 2. The van der Waals surface area contributed by atoms with E-state index in [1.165, 1.54) is 19.3 Å². The van der Waals surface area contributed by atoms with Crippen LogP contribution in [-0.4, -0.2) is 59.1 Å². The number of nitrogens with one attached hydrogen (secondary N) is 1. The second-order valence-corrected chi connectivity index (χ2v) is 9.32. The Bertz CT molecular complexity index is 1030. The zero-order valence-corrected chi connectivity index (χ0v) is 22.7. The van der Waals surface area contributed by atoms with Gasteiger partial charge in [0.2, 0.25) is 0 Å². The van der Waals surface area contributed by atoms with Gasteiger partial charge in [0.15, 0.2) is 11.6 Å². The van der Waals surface area contributed by atoms with Crippen LogP contribution >= 0.6 is 24.8 Å². The van der Waals surface area contributed by atoms with Crippen molar-refractivity contribution in [1.82, 2.24) is 25.3 Å². The van der Waals surface area contributed by atoms with Crippen LogP contribution in [0.4, 0.5) is 11.6 Å². The summed E-state index contributed by atoms with van der Waals surface area (Å²) < 4.78 is 0. The van der Waals surface area contributed by atoms with Gasteiger partial charge in [-0.3, -0.25) is 4.79 Å². The third kappa shape index (κ3) is 7.27. The Morgan fingerprint density at radius 3 is 2.20 bits per heavy atom. The lowest BCUT2D eigenvalue weighted by molar-refractivity contribution is 0.0922. The van der Waals surface area contributed by atoms with Crippen molar-refractivity contribution < 1.29 is 4.79 Å². The van der Waals surface area contributed by atoms with E-state index in [9.17, 15) is 4.79 Å². The summed E-state index contributed by atoms with van der Waals surface area (Å²) in [7, 11) is 3.95. The van der Waals surface area contributed by atoms with Gasteiger partial charge in [-0.2, -0.15) is 0 Å². The van der Waals surface area contributed by atoms with Gasteiger partial charge in [-0.25, -0.2) is 19.9 Å². The molecule has 1 saturated carbocycles. The first-order valence-electron chi connectivity index (χ1n) is 12.1. The topological polar surface area (TPSA) is 87.1 Å². The molecule has 3 heterocycles. The minimum Gasteiger partial charge on any atom is -0.362 e. The fourth-order valence-corrected chi connectivity index (χ4v) is 4.55. The molecule has 2 aromatic heterocycles. The van der Waals surface area contributed by atoms with Gasteiger partial charge < -0.3 is 15.1 Å². The van der Waals surface area contributed by atoms with Crippen molar-refractivity contribution in [2.24, 2.45) is 0 Å². The molecule has 4 rings (SSSR count). The van der Waals surface area contributed by atoms with E-state index in [4.69, 9.17) is 4.98 Å². The zero-order valence-electron chi connectivity index (χ0n) is 21.1. The minimum absolute atomic E-state index is 0. The number of hydrogen-bond donors (Lipinski definition) is 1. The van der Waals surface area contributed by atoms with Crippen molar-refractivity contribution in [2.45, 2.75) is 64.8 Å². The maximum absolute atomic E-state index is 13.0. The molecule has 0 spiro atoms. The summed E-state index contributed by atoms with van der Waals surface area (Å²) in [5.41, 5.74) is 2.42. The highest BCUT2D eigenvalue weighted by atomic mass is 35.5. The summed E-state index contributed by atoms with van der Waals surface area (Å²) in [6.07, 6.45) is 11.6. The van der Waals surface area contributed by atoms with Crippen LogP contribution < -0.4 is 15.1 Å². The quantitative estimate of drug-likeness (QED) is 0.592. The van der Waals surface area contributed by atoms with Crippen LogP contribution in [0.2, 0.25) is 0 Å². The van der Waals surface area contributed by atoms with Gasteiger partial charge in [-0.05, 0) is 51.7 Å². The van der Waals surface area contributed by atoms with E-state index in [1.54, 1.807) is 6.08 Å². The molecule has 1 aliphatic heterocycles. The third-order valence-electron chi connectivity index (χ3n) is 6.52. The highest BCUT2D eigenvalue weighted by molar-refractivity contribution is 5.93. The molecule has 2 aromatic rings. The summed E-state index contributed by atoms with van der Waals surface area (Å²) in [4.78, 5) is 35.8. The van der Waals surface area contributed by atoms with Crippen LogP contribution in [0.5, 0.6) is 0 Å². The van der Waals surface area contributed by atoms with Crippen molar-refractivity contribution in [1.29, 1.82) is 0 Å². The first kappa shape index (κ1) is 28.8. The second kappa shape index (κ2) is 13.0. The largest absolute Gasteiger partial charge is 0.362 e. The number of halogens is 2. The summed E-state index contributed by atoms with van der Waals surface area (Å²) in [6.45, 7) is 5.92. The monoisotopic (exact) mass is 521 g/mol. The number of amides is 1. The molecule has 2 fully saturated rings. The number of hydrogen-bond acceptors (Lipinski definition) is 7. The van der Waals surface area contributed by atoms with E-state index in [2.05, 4.69) is 25.2 Å². The van der Waals surface area contributed by atoms with Gasteiger partial charge in [-0.1, -0.05) is 19.3 Å². The van der Waals surface area contributed by atoms with Crippen LogP contribution in [0.25, 0.3) is 12.2 Å². The molecule has 1 N–H and O–H groups in total. The molecule has 1 amide bonds. The van der Waals surface area contributed by atoms with E-state index in [1.807, 2.05) is 45.0 Å². The molecule has 2 aliphatic rings. The lowest BCUT2D eigenvalue weighted by Gasteiger charge is -2.23. The third-order valence-corrected chi connectivity index (χ3v) is 6.52. The molecule has 0 atom stereocenters. The van der Waals surface area contributed by atoms with Crippen molar-refractivity contribution in [2.75, 3.05) is 37.0 Å². The first-order valence-corrected chi connectivity index (χ1v) is 12.1. The lowest BCUT2D eigenvalue weighted by Crippen LogP contribution is -2.36. The zero-order chi connectivity index (χ0) is 23.4. The summed E-state index contributed by atoms with van der Waals surface area (Å²) in [5.74, 6) is 2.69. The van der Waals surface area contributed by atoms with Gasteiger partial charge in [0.1, 0.15) is 17.3 Å². The maximum atomic E-state index is 13.0. The van der Waals surface area contributed by atoms with E-state index >= 15 is 0 Å². The van der Waals surface area contributed by atoms with Crippen molar-refractivity contribution >= 4 is 54.5 Å². The molecule has 1 saturated heterocycles. The van der Waals surface area contributed by atoms with Crippen LogP contribution in [-0.2, 0) is 0 Å². The first-order chi connectivity index (χ1) is 15.9. The highest BCUT2D eigenvalue weighted by Crippen LogP contribution is 2.22. The fourth-order valence-electron chi connectivity index (χ4n) is 4.55. The van der Waals surface area contributed by atoms with Gasteiger partial charge in [-0.15, -0.1) is 24.8 Å². The molecule has 35 heavy (non-hydrogen) atoms. The van der Waals surface area contributed by atoms with E-state index in [0.29, 0.717) is 17.3 Å². The summed E-state index contributed by atoms with van der Waals surface area (Å²) in [6, 6.07) is 2.07. The van der Waals surface area contributed by atoms with Crippen LogP contribution in [0.15, 0.2) is 6.07 Å². The molecule has 0 bridgehead atoms. The molecular formula is C25H37Cl2N7O. The Hall–Kier alpha value is -2.45. The maximum Gasteiger partial charge on any atom is 0.270 e. The Kier molecular flexibility index (Phi) is 10.7. The predicted octanol–water partition coefficient (Wildman–Crippen LogP) is 4.63. The molecule has 0 unspecified atom stereocenters. The molecule has 1 aliphatic carbocycles. The second-order valence-electron chi connectivity index (χ2n) is 9.32. The normalized spacial score (nSPS) is 16.1. The number of aryl methyl sites for hydroxylation is 1. The fraction of sp³-hybridized carbons (Fsp3) is 0.560. The number of nitrogens with zero attached hydrogens (tertiary/aromatic N) is 6. The van der Waals surface area contributed by atoms with Gasteiger partial charge in [0.05, 0.1) is 0 Å². The SMILES string of the molecule is Cc1nc(C=Cc2nc(C(=O)NC3CCCCC3)cc(N3CCCC3)n2)nc(N(C)C)c1C.Cl.Cl. The van der Waals surface area contributed by atoms with Crippen LogP contribution in [0, 0.1) is 13.8 Å². The Morgan fingerprint density at radius 2 is 1.57 bits per heavy atom. The van der Waals surface area contributed by atoms with E-state index in [0.717, 1.165) is 61.7 Å². The summed E-state index contributed by atoms with van der Waals surface area (Å²) >= 11 is 0. The van der Waals surface area contributed by atoms with Crippen molar-refractivity contribution in [3.8, 4) is 0 Å². The summed E-state index contributed by atoms with van der Waals surface area (Å²) in [5, 5.41) is 3.19. The van der Waals surface area contributed by atoms with Crippen LogP contribution in [0.3, 0.4) is 0 Å². The highest BCUT2D eigenvalue weighted by Gasteiger charge is 2.21. The average molecular weight is 523 g/mol. The molecule has 0 aromatic carbocycles. The van der Waals surface area contributed by atoms with Gasteiger partial charge in [0.25, 0.3) is 5.91 Å². The number of carbonyl (C=O) groups is 1. The number of rotatable bonds is 6. The number of carbonyl (C=O) groups excluding carboxylic acids is 1. The molecular weight excluding hydrogens is 485 g/mol. The van der Waals surface area contributed by atoms with E-state index < -0.39 is 0 Å². The Balaban J connectivity index is 0.00000216. The molecule has 8 nitrogen and oxygen atoms in total. The molecule has 10 heteroatoms. The molecule has 192 valence electrons. The van der Waals surface area contributed by atoms with Crippen molar-refractivity contribution in [3.63, 3.8) is 0 Å². The minimum atomic E-state index is -0.114. The lowest BCUT2D eigenvalue weighted by atomic mass is 9.95. The van der Waals surface area contributed by atoms with Crippen molar-refractivity contribution in [3.05, 3.63) is 34.7 Å². The van der Waals surface area contributed by atoms with E-state index in [-0.39, 0.29) is 36.8 Å². The van der Waals surface area contributed by atoms with Gasteiger partial charge >= 0.3 is 0 Å². The van der Waals surface area contributed by atoms with Gasteiger partial charge in [0, 0.05) is 50.6 Å². The molecule has 0 radical (unpaired) electrons. The number of aromatic nitrogens is 4.